The van der Waals surface area contributed by atoms with Gasteiger partial charge in [-0.3, -0.25) is 4.79 Å². The summed E-state index contributed by atoms with van der Waals surface area (Å²) in [6.07, 6.45) is 0. The van der Waals surface area contributed by atoms with Crippen molar-refractivity contribution < 1.29 is 9.53 Å². The Bertz CT molecular complexity index is 157. The Balaban J connectivity index is 2.13. The average molecular weight is 187 g/mol. The lowest BCUT2D eigenvalue weighted by atomic mass is 10.2. The predicted octanol–water partition coefficient (Wildman–Crippen LogP) is -1.69. The number of carbonyl (C=O) groups excluding carboxylic acids is 1. The van der Waals surface area contributed by atoms with Crippen LogP contribution in [0.15, 0.2) is 0 Å². The van der Waals surface area contributed by atoms with Gasteiger partial charge in [0.2, 0.25) is 0 Å². The zero-order chi connectivity index (χ0) is 9.52. The third kappa shape index (κ3) is 3.71. The molecule has 3 N–H and O–H groups in total. The highest BCUT2D eigenvalue weighted by Gasteiger charge is 2.20. The molecule has 1 heterocycles. The summed E-state index contributed by atoms with van der Waals surface area (Å²) in [4.78, 5) is 11.3. The van der Waals surface area contributed by atoms with Gasteiger partial charge in [-0.05, 0) is 7.05 Å². The molecule has 1 atom stereocenters. The van der Waals surface area contributed by atoms with Crippen LogP contribution in [0.2, 0.25) is 0 Å². The minimum absolute atomic E-state index is 0.164. The normalized spacial score (nSPS) is 22.7. The quantitative estimate of drug-likeness (QED) is 0.362. The maximum atomic E-state index is 11.3. The van der Waals surface area contributed by atoms with E-state index in [1.807, 2.05) is 7.05 Å². The largest absolute Gasteiger partial charge is 0.463 e. The van der Waals surface area contributed by atoms with Crippen LogP contribution in [0.4, 0.5) is 0 Å². The van der Waals surface area contributed by atoms with Gasteiger partial charge in [0.05, 0.1) is 0 Å². The fraction of sp³-hybridized carbons (Fsp3) is 0.875. The van der Waals surface area contributed by atoms with E-state index in [2.05, 4.69) is 16.0 Å². The van der Waals surface area contributed by atoms with Gasteiger partial charge < -0.3 is 20.7 Å². The molecule has 5 nitrogen and oxygen atoms in total. The lowest BCUT2D eigenvalue weighted by Gasteiger charge is -2.22. The monoisotopic (exact) mass is 187 g/mol. The third-order valence-corrected chi connectivity index (χ3v) is 1.92. The minimum Gasteiger partial charge on any atom is -0.463 e. The second kappa shape index (κ2) is 5.90. The Hall–Kier alpha value is -0.650. The number of rotatable bonds is 4. The number of hydrogen-bond donors (Lipinski definition) is 3. The van der Waals surface area contributed by atoms with E-state index in [9.17, 15) is 4.79 Å². The maximum Gasteiger partial charge on any atom is 0.324 e. The summed E-state index contributed by atoms with van der Waals surface area (Å²) in [5.41, 5.74) is 0. The fourth-order valence-electron chi connectivity index (χ4n) is 1.17. The SMILES string of the molecule is CNCCOC(=O)C1CNCCN1. The summed E-state index contributed by atoms with van der Waals surface area (Å²) in [6.45, 7) is 3.55. The first-order valence-corrected chi connectivity index (χ1v) is 4.60. The summed E-state index contributed by atoms with van der Waals surface area (Å²) >= 11 is 0. The molecule has 1 aliphatic heterocycles. The summed E-state index contributed by atoms with van der Waals surface area (Å²) in [7, 11) is 1.83. The van der Waals surface area contributed by atoms with E-state index in [1.54, 1.807) is 0 Å². The van der Waals surface area contributed by atoms with E-state index in [-0.39, 0.29) is 12.0 Å². The van der Waals surface area contributed by atoms with Crippen molar-refractivity contribution in [2.75, 3.05) is 39.8 Å². The molecule has 1 rings (SSSR count). The molecule has 1 fully saturated rings. The number of esters is 1. The van der Waals surface area contributed by atoms with Gasteiger partial charge in [-0.15, -0.1) is 0 Å². The molecule has 0 aromatic rings. The van der Waals surface area contributed by atoms with Crippen molar-refractivity contribution in [3.05, 3.63) is 0 Å². The first-order chi connectivity index (χ1) is 6.34. The van der Waals surface area contributed by atoms with Gasteiger partial charge in [0.15, 0.2) is 0 Å². The number of piperazine rings is 1. The fourth-order valence-corrected chi connectivity index (χ4v) is 1.17. The Morgan fingerprint density at radius 3 is 3.08 bits per heavy atom. The molecule has 1 aliphatic rings. The van der Waals surface area contributed by atoms with E-state index in [1.165, 1.54) is 0 Å². The maximum absolute atomic E-state index is 11.3. The minimum atomic E-state index is -0.175. The third-order valence-electron chi connectivity index (χ3n) is 1.92. The lowest BCUT2D eigenvalue weighted by molar-refractivity contribution is -0.146. The number of carbonyl (C=O) groups is 1. The number of likely N-dealkylation sites (N-methyl/N-ethyl adjacent to an activating group) is 1. The highest BCUT2D eigenvalue weighted by molar-refractivity contribution is 5.76. The van der Waals surface area contributed by atoms with E-state index >= 15 is 0 Å². The van der Waals surface area contributed by atoms with E-state index in [0.29, 0.717) is 19.7 Å². The molecule has 13 heavy (non-hydrogen) atoms. The van der Waals surface area contributed by atoms with Crippen LogP contribution in [0.25, 0.3) is 0 Å². The summed E-state index contributed by atoms with van der Waals surface area (Å²) in [5, 5.41) is 9.13. The summed E-state index contributed by atoms with van der Waals surface area (Å²) < 4.78 is 5.02. The van der Waals surface area contributed by atoms with Crippen LogP contribution in [-0.2, 0) is 9.53 Å². The molecule has 0 radical (unpaired) electrons. The van der Waals surface area contributed by atoms with Crippen molar-refractivity contribution in [1.29, 1.82) is 0 Å². The van der Waals surface area contributed by atoms with E-state index in [0.717, 1.165) is 13.1 Å². The molecule has 0 bridgehead atoms. The average Bonchev–Trinajstić information content (AvgIpc) is 2.19. The lowest BCUT2D eigenvalue weighted by Crippen LogP contribution is -2.53. The molecule has 0 aliphatic carbocycles. The zero-order valence-corrected chi connectivity index (χ0v) is 7.93. The van der Waals surface area contributed by atoms with Crippen LogP contribution in [0.3, 0.4) is 0 Å². The van der Waals surface area contributed by atoms with Crippen molar-refractivity contribution in [3.63, 3.8) is 0 Å². The van der Waals surface area contributed by atoms with Gasteiger partial charge in [-0.25, -0.2) is 0 Å². The first kappa shape index (κ1) is 10.4. The van der Waals surface area contributed by atoms with E-state index in [4.69, 9.17) is 4.74 Å². The molecular formula is C8H17N3O2. The molecule has 5 heteroatoms. The van der Waals surface area contributed by atoms with Crippen molar-refractivity contribution in [2.24, 2.45) is 0 Å². The Kier molecular flexibility index (Phi) is 4.74. The van der Waals surface area contributed by atoms with Crippen LogP contribution in [0.1, 0.15) is 0 Å². The van der Waals surface area contributed by atoms with Gasteiger partial charge in [-0.2, -0.15) is 0 Å². The highest BCUT2D eigenvalue weighted by atomic mass is 16.5. The Labute approximate surface area is 78.2 Å². The van der Waals surface area contributed by atoms with Crippen molar-refractivity contribution in [3.8, 4) is 0 Å². The second-order valence-corrected chi connectivity index (χ2v) is 2.98. The van der Waals surface area contributed by atoms with Crippen molar-refractivity contribution >= 4 is 5.97 Å². The molecule has 0 aromatic carbocycles. The van der Waals surface area contributed by atoms with E-state index < -0.39 is 0 Å². The summed E-state index contributed by atoms with van der Waals surface area (Å²) in [6, 6.07) is -0.175. The molecule has 0 amide bonds. The Morgan fingerprint density at radius 1 is 1.62 bits per heavy atom. The molecule has 0 spiro atoms. The van der Waals surface area contributed by atoms with Gasteiger partial charge >= 0.3 is 5.97 Å². The first-order valence-electron chi connectivity index (χ1n) is 4.60. The topological polar surface area (TPSA) is 62.4 Å². The number of hydrogen-bond acceptors (Lipinski definition) is 5. The van der Waals surface area contributed by atoms with Gasteiger partial charge in [-0.1, -0.05) is 0 Å². The summed E-state index contributed by atoms with van der Waals surface area (Å²) in [5.74, 6) is -0.164. The van der Waals surface area contributed by atoms with Crippen molar-refractivity contribution in [1.82, 2.24) is 16.0 Å². The van der Waals surface area contributed by atoms with Crippen LogP contribution in [0.5, 0.6) is 0 Å². The number of nitrogens with one attached hydrogen (secondary N) is 3. The smallest absolute Gasteiger partial charge is 0.324 e. The highest BCUT2D eigenvalue weighted by Crippen LogP contribution is 1.90. The Morgan fingerprint density at radius 2 is 2.46 bits per heavy atom. The van der Waals surface area contributed by atoms with Crippen molar-refractivity contribution in [2.45, 2.75) is 6.04 Å². The standard InChI is InChI=1S/C8H17N3O2/c1-9-4-5-13-8(12)7-6-10-2-3-11-7/h7,9-11H,2-6H2,1H3. The van der Waals surface area contributed by atoms with Gasteiger partial charge in [0, 0.05) is 26.2 Å². The molecule has 0 aromatic heterocycles. The van der Waals surface area contributed by atoms with Gasteiger partial charge in [0.1, 0.15) is 12.6 Å². The predicted molar refractivity (Wildman–Crippen MR) is 49.5 cm³/mol. The number of ether oxygens (including phenoxy) is 1. The van der Waals surface area contributed by atoms with Crippen LogP contribution in [0, 0.1) is 0 Å². The molecule has 0 saturated carbocycles. The molecule has 1 unspecified atom stereocenters. The zero-order valence-electron chi connectivity index (χ0n) is 7.93. The van der Waals surface area contributed by atoms with Gasteiger partial charge in [0.25, 0.3) is 0 Å². The van der Waals surface area contributed by atoms with Crippen LogP contribution >= 0.6 is 0 Å². The second-order valence-electron chi connectivity index (χ2n) is 2.98. The molecular weight excluding hydrogens is 170 g/mol. The molecule has 1 saturated heterocycles. The van der Waals surface area contributed by atoms with Crippen LogP contribution < -0.4 is 16.0 Å². The molecule has 76 valence electrons. The van der Waals surface area contributed by atoms with Crippen LogP contribution in [-0.4, -0.2) is 51.8 Å².